The van der Waals surface area contributed by atoms with Gasteiger partial charge in [0.2, 0.25) is 0 Å². The quantitative estimate of drug-likeness (QED) is 0.756. The van der Waals surface area contributed by atoms with Crippen molar-refractivity contribution >= 4 is 23.6 Å². The van der Waals surface area contributed by atoms with E-state index in [2.05, 4.69) is 5.32 Å². The number of amides is 1. The first kappa shape index (κ1) is 18.9. The second kappa shape index (κ2) is 9.13. The molecule has 25 heavy (non-hydrogen) atoms. The molecular weight excluding hydrogens is 338 g/mol. The number of para-hydroxylation sites is 1. The zero-order chi connectivity index (χ0) is 18.2. The van der Waals surface area contributed by atoms with Crippen LogP contribution in [0.1, 0.15) is 16.8 Å². The molecule has 2 aromatic carbocycles. The van der Waals surface area contributed by atoms with Crippen LogP contribution in [0.3, 0.4) is 0 Å². The van der Waals surface area contributed by atoms with Gasteiger partial charge in [-0.3, -0.25) is 4.79 Å². The molecule has 132 valence electrons. The largest absolute Gasteiger partial charge is 0.496 e. The standard InChI is InChI=1S/C19H21NO4S/c1-24-17-10-6-5-8-14(17)13-7-3-4-9-15(13)18(21)20-16(19(22)23)11-12-25-2/h3-10,16H,11-12H2,1-2H3,(H,20,21)(H,22,23)/t16-/m0/s1. The Bertz CT molecular complexity index is 748. The summed E-state index contributed by atoms with van der Waals surface area (Å²) >= 11 is 1.54. The van der Waals surface area contributed by atoms with Crippen LogP contribution in [-0.2, 0) is 4.79 Å². The Kier molecular flexibility index (Phi) is 6.89. The Labute approximate surface area is 151 Å². The van der Waals surface area contributed by atoms with E-state index in [0.29, 0.717) is 29.1 Å². The van der Waals surface area contributed by atoms with Gasteiger partial charge in [-0.15, -0.1) is 0 Å². The molecule has 0 fully saturated rings. The van der Waals surface area contributed by atoms with Gasteiger partial charge in [-0.05, 0) is 36.1 Å². The molecule has 0 aliphatic heterocycles. The summed E-state index contributed by atoms with van der Waals surface area (Å²) in [6, 6.07) is 13.6. The van der Waals surface area contributed by atoms with Gasteiger partial charge in [0, 0.05) is 11.1 Å². The fourth-order valence-electron chi connectivity index (χ4n) is 2.51. The van der Waals surface area contributed by atoms with Crippen molar-refractivity contribution in [3.63, 3.8) is 0 Å². The molecule has 0 saturated carbocycles. The SMILES string of the molecule is COc1ccccc1-c1ccccc1C(=O)N[C@@H](CCSC)C(=O)O. The lowest BCUT2D eigenvalue weighted by Gasteiger charge is -2.16. The molecule has 0 aliphatic rings. The maximum atomic E-state index is 12.7. The van der Waals surface area contributed by atoms with Crippen LogP contribution >= 0.6 is 11.8 Å². The second-order valence-corrected chi connectivity index (χ2v) is 6.38. The fraction of sp³-hybridized carbons (Fsp3) is 0.263. The van der Waals surface area contributed by atoms with Crippen LogP contribution in [0.15, 0.2) is 48.5 Å². The third-order valence-electron chi connectivity index (χ3n) is 3.78. The molecule has 1 atom stereocenters. The highest BCUT2D eigenvalue weighted by atomic mass is 32.2. The third-order valence-corrected chi connectivity index (χ3v) is 4.43. The number of ether oxygens (including phenoxy) is 1. The number of benzene rings is 2. The molecule has 0 heterocycles. The topological polar surface area (TPSA) is 75.6 Å². The highest BCUT2D eigenvalue weighted by molar-refractivity contribution is 7.98. The van der Waals surface area contributed by atoms with Crippen molar-refractivity contribution in [3.05, 3.63) is 54.1 Å². The molecule has 0 bridgehead atoms. The van der Waals surface area contributed by atoms with Gasteiger partial charge in [-0.2, -0.15) is 11.8 Å². The van der Waals surface area contributed by atoms with Crippen molar-refractivity contribution in [1.82, 2.24) is 5.32 Å². The molecular formula is C19H21NO4S. The highest BCUT2D eigenvalue weighted by Crippen LogP contribution is 2.32. The number of carboxylic acids is 1. The van der Waals surface area contributed by atoms with Gasteiger partial charge >= 0.3 is 5.97 Å². The predicted molar refractivity (Wildman–Crippen MR) is 100 cm³/mol. The number of rotatable bonds is 8. The number of methoxy groups -OCH3 is 1. The van der Waals surface area contributed by atoms with Crippen molar-refractivity contribution < 1.29 is 19.4 Å². The monoisotopic (exact) mass is 359 g/mol. The van der Waals surface area contributed by atoms with E-state index >= 15 is 0 Å². The number of carbonyl (C=O) groups is 2. The highest BCUT2D eigenvalue weighted by Gasteiger charge is 2.22. The lowest BCUT2D eigenvalue weighted by atomic mass is 9.98. The molecule has 5 nitrogen and oxygen atoms in total. The van der Waals surface area contributed by atoms with Crippen LogP contribution in [0.2, 0.25) is 0 Å². The summed E-state index contributed by atoms with van der Waals surface area (Å²) in [7, 11) is 1.57. The number of nitrogens with one attached hydrogen (secondary N) is 1. The number of hydrogen-bond acceptors (Lipinski definition) is 4. The molecule has 0 saturated heterocycles. The number of carboxylic acid groups (broad SMARTS) is 1. The molecule has 1 amide bonds. The molecule has 0 radical (unpaired) electrons. The van der Waals surface area contributed by atoms with Gasteiger partial charge < -0.3 is 15.2 Å². The lowest BCUT2D eigenvalue weighted by Crippen LogP contribution is -2.41. The third kappa shape index (κ3) is 4.76. The van der Waals surface area contributed by atoms with Crippen LogP contribution in [-0.4, -0.2) is 42.1 Å². The zero-order valence-electron chi connectivity index (χ0n) is 14.2. The van der Waals surface area contributed by atoms with E-state index in [1.807, 2.05) is 42.7 Å². The minimum absolute atomic E-state index is 0.374. The van der Waals surface area contributed by atoms with Gasteiger partial charge in [-0.25, -0.2) is 4.79 Å². The number of hydrogen-bond donors (Lipinski definition) is 2. The van der Waals surface area contributed by atoms with Crippen LogP contribution < -0.4 is 10.1 Å². The molecule has 2 N–H and O–H groups in total. The van der Waals surface area contributed by atoms with E-state index in [0.717, 1.165) is 5.56 Å². The molecule has 6 heteroatoms. The Hall–Kier alpha value is -2.47. The van der Waals surface area contributed by atoms with Gasteiger partial charge in [0.25, 0.3) is 5.91 Å². The average Bonchev–Trinajstić information content (AvgIpc) is 2.64. The number of carbonyl (C=O) groups excluding carboxylic acids is 1. The lowest BCUT2D eigenvalue weighted by molar-refractivity contribution is -0.139. The van der Waals surface area contributed by atoms with Crippen molar-refractivity contribution in [1.29, 1.82) is 0 Å². The molecule has 0 aliphatic carbocycles. The molecule has 2 aromatic rings. The predicted octanol–water partition coefficient (Wildman–Crippen LogP) is 3.30. The van der Waals surface area contributed by atoms with Crippen LogP contribution in [0.25, 0.3) is 11.1 Å². The Morgan fingerprint density at radius 3 is 2.40 bits per heavy atom. The first-order chi connectivity index (χ1) is 12.1. The number of aliphatic carboxylic acids is 1. The maximum Gasteiger partial charge on any atom is 0.326 e. The van der Waals surface area contributed by atoms with Crippen LogP contribution in [0, 0.1) is 0 Å². The van der Waals surface area contributed by atoms with E-state index in [9.17, 15) is 14.7 Å². The number of thioether (sulfide) groups is 1. The van der Waals surface area contributed by atoms with Crippen molar-refractivity contribution in [2.75, 3.05) is 19.1 Å². The molecule has 0 unspecified atom stereocenters. The molecule has 0 aromatic heterocycles. The summed E-state index contributed by atoms with van der Waals surface area (Å²) in [6.45, 7) is 0. The zero-order valence-corrected chi connectivity index (χ0v) is 15.0. The summed E-state index contributed by atoms with van der Waals surface area (Å²) < 4.78 is 5.38. The van der Waals surface area contributed by atoms with Crippen LogP contribution in [0.5, 0.6) is 5.75 Å². The summed E-state index contributed by atoms with van der Waals surface area (Å²) in [5.41, 5.74) is 1.90. The molecule has 2 rings (SSSR count). The Morgan fingerprint density at radius 1 is 1.12 bits per heavy atom. The summed E-state index contributed by atoms with van der Waals surface area (Å²) in [5, 5.41) is 11.9. The van der Waals surface area contributed by atoms with Crippen molar-refractivity contribution in [2.24, 2.45) is 0 Å². The van der Waals surface area contributed by atoms with E-state index < -0.39 is 17.9 Å². The minimum Gasteiger partial charge on any atom is -0.496 e. The maximum absolute atomic E-state index is 12.7. The van der Waals surface area contributed by atoms with E-state index in [1.54, 1.807) is 31.0 Å². The van der Waals surface area contributed by atoms with Crippen molar-refractivity contribution in [3.8, 4) is 16.9 Å². The van der Waals surface area contributed by atoms with Gasteiger partial charge in [0.15, 0.2) is 0 Å². The summed E-state index contributed by atoms with van der Waals surface area (Å²) in [6.07, 6.45) is 2.27. The normalized spacial score (nSPS) is 11.6. The van der Waals surface area contributed by atoms with Crippen LogP contribution in [0.4, 0.5) is 0 Å². The molecule has 0 spiro atoms. The first-order valence-corrected chi connectivity index (χ1v) is 9.23. The summed E-state index contributed by atoms with van der Waals surface area (Å²) in [4.78, 5) is 24.1. The summed E-state index contributed by atoms with van der Waals surface area (Å²) in [5.74, 6) is -0.127. The van der Waals surface area contributed by atoms with Gasteiger partial charge in [0.1, 0.15) is 11.8 Å². The first-order valence-electron chi connectivity index (χ1n) is 7.83. The average molecular weight is 359 g/mol. The Balaban J connectivity index is 2.33. The Morgan fingerprint density at radius 2 is 1.76 bits per heavy atom. The van der Waals surface area contributed by atoms with Gasteiger partial charge in [0.05, 0.1) is 7.11 Å². The smallest absolute Gasteiger partial charge is 0.326 e. The van der Waals surface area contributed by atoms with E-state index in [-0.39, 0.29) is 0 Å². The van der Waals surface area contributed by atoms with E-state index in [4.69, 9.17) is 4.74 Å². The van der Waals surface area contributed by atoms with Gasteiger partial charge in [-0.1, -0.05) is 36.4 Å². The van der Waals surface area contributed by atoms with Crippen molar-refractivity contribution in [2.45, 2.75) is 12.5 Å². The van der Waals surface area contributed by atoms with E-state index in [1.165, 1.54) is 0 Å². The minimum atomic E-state index is -1.03. The second-order valence-electron chi connectivity index (χ2n) is 5.39. The fourth-order valence-corrected chi connectivity index (χ4v) is 2.98.